The Morgan fingerprint density at radius 2 is 1.46 bits per heavy atom. The number of nitrogens with zero attached hydrogens (tertiary/aromatic N) is 2. The summed E-state index contributed by atoms with van der Waals surface area (Å²) in [6, 6.07) is 9.19. The molecule has 1 aliphatic heterocycles. The molecule has 2 aromatic rings. The molecule has 2 aromatic carbocycles. The van der Waals surface area contributed by atoms with Crippen molar-refractivity contribution in [3.63, 3.8) is 0 Å². The summed E-state index contributed by atoms with van der Waals surface area (Å²) in [5.41, 5.74) is -0.285. The highest BCUT2D eigenvalue weighted by Gasteiger charge is 2.39. The fourth-order valence-corrected chi connectivity index (χ4v) is 2.67. The van der Waals surface area contributed by atoms with Crippen LogP contribution < -0.4 is 9.80 Å². The molecule has 2 amide bonds. The number of carbonyl (C=O) groups excluding carboxylic acids is 2. The molecule has 24 heavy (non-hydrogen) atoms. The summed E-state index contributed by atoms with van der Waals surface area (Å²) in [5.74, 6) is -1.25. The minimum atomic E-state index is -4.57. The quantitative estimate of drug-likeness (QED) is 0.789. The van der Waals surface area contributed by atoms with E-state index < -0.39 is 23.6 Å². The predicted molar refractivity (Wildman–Crippen MR) is 83.4 cm³/mol. The van der Waals surface area contributed by atoms with Gasteiger partial charge in [-0.05, 0) is 30.3 Å². The smallest absolute Gasteiger partial charge is 0.376 e. The van der Waals surface area contributed by atoms with Crippen molar-refractivity contribution in [2.75, 3.05) is 23.9 Å². The third-order valence-electron chi connectivity index (χ3n) is 3.82. The van der Waals surface area contributed by atoms with Crippen LogP contribution in [0.2, 0.25) is 0 Å². The van der Waals surface area contributed by atoms with Gasteiger partial charge in [0.2, 0.25) is 0 Å². The van der Waals surface area contributed by atoms with Crippen LogP contribution >= 0.6 is 0 Å². The van der Waals surface area contributed by atoms with Gasteiger partial charge in [0, 0.05) is 14.1 Å². The van der Waals surface area contributed by atoms with Crippen LogP contribution in [0.5, 0.6) is 0 Å². The van der Waals surface area contributed by atoms with E-state index in [0.29, 0.717) is 5.69 Å². The lowest BCUT2D eigenvalue weighted by atomic mass is 10.1. The number of halogens is 3. The molecule has 0 fully saturated rings. The van der Waals surface area contributed by atoms with E-state index in [0.717, 1.165) is 17.0 Å². The normalized spacial score (nSPS) is 14.1. The zero-order valence-corrected chi connectivity index (χ0v) is 12.9. The molecule has 4 nitrogen and oxygen atoms in total. The van der Waals surface area contributed by atoms with Crippen molar-refractivity contribution in [3.8, 4) is 0 Å². The van der Waals surface area contributed by atoms with Crippen molar-refractivity contribution in [3.05, 3.63) is 59.2 Å². The van der Waals surface area contributed by atoms with E-state index in [9.17, 15) is 22.8 Å². The number of imide groups is 1. The molecule has 0 spiro atoms. The maximum atomic E-state index is 13.0. The van der Waals surface area contributed by atoms with E-state index in [-0.39, 0.29) is 16.8 Å². The molecule has 0 saturated carbocycles. The van der Waals surface area contributed by atoms with E-state index in [1.807, 2.05) is 0 Å². The van der Waals surface area contributed by atoms with Gasteiger partial charge in [-0.2, -0.15) is 13.2 Å². The second-order valence-electron chi connectivity index (χ2n) is 5.59. The summed E-state index contributed by atoms with van der Waals surface area (Å²) in [7, 11) is 3.26. The van der Waals surface area contributed by atoms with Gasteiger partial charge in [0.25, 0.3) is 11.8 Å². The molecule has 7 heteroatoms. The Morgan fingerprint density at radius 3 is 1.92 bits per heavy atom. The molecule has 0 radical (unpaired) electrons. The molecule has 0 unspecified atom stereocenters. The maximum absolute atomic E-state index is 13.0. The Kier molecular flexibility index (Phi) is 3.59. The third kappa shape index (κ3) is 2.42. The standard InChI is InChI=1S/C17H13F3N2O2/c1-21(2)13-8-7-10(17(18,19)20)9-14(13)22-15(23)11-5-3-4-6-12(11)16(22)24/h3-9H,1-2H3. The summed E-state index contributed by atoms with van der Waals surface area (Å²) in [5, 5.41) is 0. The predicted octanol–water partition coefficient (Wildman–Crippen LogP) is 3.57. The average Bonchev–Trinajstić information content (AvgIpc) is 2.78. The molecule has 0 saturated heterocycles. The highest BCUT2D eigenvalue weighted by molar-refractivity contribution is 6.35. The lowest BCUT2D eigenvalue weighted by molar-refractivity contribution is -0.137. The first-order chi connectivity index (χ1) is 11.2. The van der Waals surface area contributed by atoms with Gasteiger partial charge in [0.1, 0.15) is 0 Å². The fraction of sp³-hybridized carbons (Fsp3) is 0.176. The summed E-state index contributed by atoms with van der Waals surface area (Å²) in [4.78, 5) is 27.5. The molecule has 0 atom stereocenters. The van der Waals surface area contributed by atoms with Crippen molar-refractivity contribution in [1.29, 1.82) is 0 Å². The summed E-state index contributed by atoms with van der Waals surface area (Å²) < 4.78 is 39.1. The van der Waals surface area contributed by atoms with Crippen LogP contribution in [0.4, 0.5) is 24.5 Å². The number of rotatable bonds is 2. The number of anilines is 2. The van der Waals surface area contributed by atoms with Crippen molar-refractivity contribution in [2.24, 2.45) is 0 Å². The highest BCUT2D eigenvalue weighted by atomic mass is 19.4. The number of benzene rings is 2. The minimum absolute atomic E-state index is 0.0824. The SMILES string of the molecule is CN(C)c1ccc(C(F)(F)F)cc1N1C(=O)c2ccccc2C1=O. The van der Waals surface area contributed by atoms with Crippen molar-refractivity contribution >= 4 is 23.2 Å². The largest absolute Gasteiger partial charge is 0.416 e. The summed E-state index contributed by atoms with van der Waals surface area (Å²) in [6.07, 6.45) is -4.57. The van der Waals surface area contributed by atoms with Gasteiger partial charge in [-0.25, -0.2) is 4.90 Å². The van der Waals surface area contributed by atoms with Gasteiger partial charge in [-0.3, -0.25) is 9.59 Å². The Hall–Kier alpha value is -2.83. The van der Waals surface area contributed by atoms with Crippen LogP contribution in [0.1, 0.15) is 26.3 Å². The molecule has 0 N–H and O–H groups in total. The van der Waals surface area contributed by atoms with E-state index >= 15 is 0 Å². The Balaban J connectivity index is 2.19. The van der Waals surface area contributed by atoms with Crippen LogP contribution in [-0.4, -0.2) is 25.9 Å². The number of hydrogen-bond donors (Lipinski definition) is 0. The van der Waals surface area contributed by atoms with Crippen molar-refractivity contribution in [2.45, 2.75) is 6.18 Å². The molecular formula is C17H13F3N2O2. The van der Waals surface area contributed by atoms with Gasteiger partial charge < -0.3 is 4.90 Å². The second-order valence-corrected chi connectivity index (χ2v) is 5.59. The number of hydrogen-bond acceptors (Lipinski definition) is 3. The van der Waals surface area contributed by atoms with Crippen molar-refractivity contribution < 1.29 is 22.8 Å². The molecule has 0 aliphatic carbocycles. The Bertz CT molecular complexity index is 809. The first kappa shape index (κ1) is 16.0. The molecule has 0 bridgehead atoms. The van der Waals surface area contributed by atoms with Crippen LogP contribution in [0.25, 0.3) is 0 Å². The van der Waals surface area contributed by atoms with E-state index in [2.05, 4.69) is 0 Å². The van der Waals surface area contributed by atoms with Gasteiger partial charge in [0.05, 0.1) is 28.1 Å². The van der Waals surface area contributed by atoms with Crippen LogP contribution in [0.15, 0.2) is 42.5 Å². The lowest BCUT2D eigenvalue weighted by Gasteiger charge is -2.24. The molecular weight excluding hydrogens is 321 g/mol. The topological polar surface area (TPSA) is 40.6 Å². The first-order valence-corrected chi connectivity index (χ1v) is 7.08. The highest BCUT2D eigenvalue weighted by Crippen LogP contribution is 2.39. The lowest BCUT2D eigenvalue weighted by Crippen LogP contribution is -2.31. The third-order valence-corrected chi connectivity index (χ3v) is 3.82. The maximum Gasteiger partial charge on any atom is 0.416 e. The number of fused-ring (bicyclic) bond motifs is 1. The van der Waals surface area contributed by atoms with Gasteiger partial charge in [-0.15, -0.1) is 0 Å². The van der Waals surface area contributed by atoms with Crippen LogP contribution in [0.3, 0.4) is 0 Å². The van der Waals surface area contributed by atoms with E-state index in [1.165, 1.54) is 18.2 Å². The van der Waals surface area contributed by atoms with E-state index in [4.69, 9.17) is 0 Å². The zero-order chi connectivity index (χ0) is 17.6. The molecule has 124 valence electrons. The summed E-state index contributed by atoms with van der Waals surface area (Å²) in [6.45, 7) is 0. The molecule has 0 aromatic heterocycles. The first-order valence-electron chi connectivity index (χ1n) is 7.08. The van der Waals surface area contributed by atoms with Crippen molar-refractivity contribution in [1.82, 2.24) is 0 Å². The number of amides is 2. The van der Waals surface area contributed by atoms with Crippen LogP contribution in [-0.2, 0) is 6.18 Å². The van der Waals surface area contributed by atoms with Gasteiger partial charge in [0.15, 0.2) is 0 Å². The summed E-state index contributed by atoms with van der Waals surface area (Å²) >= 11 is 0. The zero-order valence-electron chi connectivity index (χ0n) is 12.9. The fourth-order valence-electron chi connectivity index (χ4n) is 2.67. The van der Waals surface area contributed by atoms with Gasteiger partial charge >= 0.3 is 6.18 Å². The number of carbonyl (C=O) groups is 2. The minimum Gasteiger partial charge on any atom is -0.376 e. The van der Waals surface area contributed by atoms with Gasteiger partial charge in [-0.1, -0.05) is 12.1 Å². The average molecular weight is 334 g/mol. The molecule has 1 aliphatic rings. The Labute approximate surface area is 136 Å². The van der Waals surface area contributed by atoms with Crippen LogP contribution in [0, 0.1) is 0 Å². The molecule has 3 rings (SSSR count). The Morgan fingerprint density at radius 1 is 0.917 bits per heavy atom. The monoisotopic (exact) mass is 334 g/mol. The van der Waals surface area contributed by atoms with E-state index in [1.54, 1.807) is 31.1 Å². The molecule has 1 heterocycles. The number of alkyl halides is 3. The second kappa shape index (κ2) is 5.36.